The number of pyridine rings is 1. The number of rotatable bonds is 11. The molecule has 1 aliphatic carbocycles. The summed E-state index contributed by atoms with van der Waals surface area (Å²) in [5.41, 5.74) is 6.00. The van der Waals surface area contributed by atoms with Crippen molar-refractivity contribution in [2.45, 2.75) is 89.4 Å². The number of likely N-dealkylation sites (tertiary alicyclic amines) is 1. The molecule has 6 rings (SSSR count). The number of carbonyl (C=O) groups excluding carboxylic acids is 2. The second-order valence-electron chi connectivity index (χ2n) is 13.4. The predicted molar refractivity (Wildman–Crippen MR) is 181 cm³/mol. The Kier molecular flexibility index (Phi) is 9.60. The molecule has 238 valence electrons. The Labute approximate surface area is 273 Å². The molecule has 1 N–H and O–H groups in total. The highest BCUT2D eigenvalue weighted by atomic mass is 35.5. The maximum Gasteiger partial charge on any atom is 0.255 e. The van der Waals surface area contributed by atoms with Gasteiger partial charge in [0.05, 0.1) is 0 Å². The number of halogens is 1. The average Bonchev–Trinajstić information content (AvgIpc) is 3.83. The molecule has 2 aromatic carbocycles. The summed E-state index contributed by atoms with van der Waals surface area (Å²) in [5.74, 6) is 0.813. The van der Waals surface area contributed by atoms with Gasteiger partial charge in [-0.05, 0) is 99.6 Å². The number of nitrogens with one attached hydrogen (secondary N) is 1. The van der Waals surface area contributed by atoms with Crippen molar-refractivity contribution in [1.82, 2.24) is 19.7 Å². The number of carbonyl (C=O) groups is 2. The second-order valence-corrected chi connectivity index (χ2v) is 13.8. The third kappa shape index (κ3) is 6.96. The minimum atomic E-state index is -0.677. The smallest absolute Gasteiger partial charge is 0.255 e. The third-order valence-electron chi connectivity index (χ3n) is 9.78. The molecule has 1 saturated heterocycles. The van der Waals surface area contributed by atoms with Crippen LogP contribution >= 0.6 is 11.6 Å². The molecule has 0 bridgehead atoms. The third-order valence-corrected chi connectivity index (χ3v) is 10.2. The summed E-state index contributed by atoms with van der Waals surface area (Å²) in [6.07, 6.45) is 7.24. The molecule has 8 heteroatoms. The van der Waals surface area contributed by atoms with E-state index < -0.39 is 6.04 Å². The van der Waals surface area contributed by atoms with Crippen LogP contribution in [0.3, 0.4) is 0 Å². The lowest BCUT2D eigenvalue weighted by atomic mass is 9.98. The molecule has 3 aliphatic rings. The van der Waals surface area contributed by atoms with E-state index in [1.807, 2.05) is 48.2 Å². The van der Waals surface area contributed by atoms with Gasteiger partial charge < -0.3 is 15.1 Å². The van der Waals surface area contributed by atoms with E-state index in [0.717, 1.165) is 86.4 Å². The van der Waals surface area contributed by atoms with Gasteiger partial charge in [-0.3, -0.25) is 14.5 Å². The largest absolute Gasteiger partial charge is 0.319 e. The van der Waals surface area contributed by atoms with Crippen LogP contribution in [0.25, 0.3) is 0 Å². The zero-order chi connectivity index (χ0) is 31.7. The van der Waals surface area contributed by atoms with Crippen LogP contribution < -0.4 is 5.32 Å². The van der Waals surface area contributed by atoms with E-state index in [1.165, 1.54) is 11.1 Å². The number of hydrogen-bond donors (Lipinski definition) is 1. The van der Waals surface area contributed by atoms with E-state index in [9.17, 15) is 9.59 Å². The summed E-state index contributed by atoms with van der Waals surface area (Å²) in [7, 11) is 4.24. The lowest BCUT2D eigenvalue weighted by Crippen LogP contribution is -2.48. The topological polar surface area (TPSA) is 68.8 Å². The fourth-order valence-corrected chi connectivity index (χ4v) is 7.25. The average molecular weight is 628 g/mol. The lowest BCUT2D eigenvalue weighted by molar-refractivity contribution is -0.121. The van der Waals surface area contributed by atoms with Crippen LogP contribution in [0.5, 0.6) is 0 Å². The Morgan fingerprint density at radius 3 is 2.51 bits per heavy atom. The molecule has 3 heterocycles. The maximum absolute atomic E-state index is 14.2. The van der Waals surface area contributed by atoms with Crippen molar-refractivity contribution in [3.05, 3.63) is 93.1 Å². The number of amides is 2. The fourth-order valence-electron chi connectivity index (χ4n) is 7.13. The minimum Gasteiger partial charge on any atom is -0.319 e. The van der Waals surface area contributed by atoms with Crippen LogP contribution in [0.1, 0.15) is 108 Å². The molecule has 7 nitrogen and oxygen atoms in total. The monoisotopic (exact) mass is 627 g/mol. The Bertz CT molecular complexity index is 1550. The van der Waals surface area contributed by atoms with E-state index in [1.54, 1.807) is 0 Å². The molecule has 2 amide bonds. The van der Waals surface area contributed by atoms with Crippen LogP contribution in [-0.4, -0.2) is 64.7 Å². The molecule has 1 unspecified atom stereocenters. The highest BCUT2D eigenvalue weighted by molar-refractivity contribution is 6.31. The number of fused-ring (bicyclic) bond motifs is 1. The van der Waals surface area contributed by atoms with Crippen LogP contribution in [0.4, 0.5) is 5.82 Å². The number of benzene rings is 2. The van der Waals surface area contributed by atoms with Crippen molar-refractivity contribution >= 4 is 29.2 Å². The van der Waals surface area contributed by atoms with Gasteiger partial charge in [-0.15, -0.1) is 0 Å². The summed E-state index contributed by atoms with van der Waals surface area (Å²) in [4.78, 5) is 39.6. The van der Waals surface area contributed by atoms with Gasteiger partial charge in [0.25, 0.3) is 11.8 Å². The van der Waals surface area contributed by atoms with Gasteiger partial charge in [0, 0.05) is 53.9 Å². The highest BCUT2D eigenvalue weighted by Crippen LogP contribution is 2.42. The van der Waals surface area contributed by atoms with Gasteiger partial charge >= 0.3 is 0 Å². The first-order valence-corrected chi connectivity index (χ1v) is 17.0. The fraction of sp³-hybridized carbons (Fsp3) is 0.486. The standard InChI is InChI=1S/C37H46ClN5O2/c1-5-6-11-33(41(3)4)27-21-32(26-13-14-26)39-34(22-27)40-36(44)35-29-9-7-8-10-30(29)37(45)43(35)28-16-18-42(19-17-28)23-25-12-15-31(38)24(2)20-25/h7-10,12,15,20-22,26,28,33,35H,5-6,11,13-14,16-19,23H2,1-4H3,(H,39,40,44)/t33?,35-/m1/s1. The molecule has 0 spiro atoms. The molecule has 1 saturated carbocycles. The van der Waals surface area contributed by atoms with Crippen LogP contribution in [0.15, 0.2) is 54.6 Å². The molecule has 2 fully saturated rings. The van der Waals surface area contributed by atoms with Crippen LogP contribution in [-0.2, 0) is 11.3 Å². The van der Waals surface area contributed by atoms with Gasteiger partial charge in [-0.2, -0.15) is 0 Å². The summed E-state index contributed by atoms with van der Waals surface area (Å²) < 4.78 is 0. The number of aryl methyl sites for hydroxylation is 1. The Balaban J connectivity index is 1.22. The van der Waals surface area contributed by atoms with Gasteiger partial charge in [0.1, 0.15) is 11.9 Å². The van der Waals surface area contributed by atoms with Crippen LogP contribution in [0, 0.1) is 6.92 Å². The van der Waals surface area contributed by atoms with E-state index in [-0.39, 0.29) is 23.9 Å². The van der Waals surface area contributed by atoms with Crippen LogP contribution in [0.2, 0.25) is 5.02 Å². The van der Waals surface area contributed by atoms with Gasteiger partial charge in [0.2, 0.25) is 0 Å². The normalized spacial score (nSPS) is 19.6. The van der Waals surface area contributed by atoms with Crippen molar-refractivity contribution in [2.75, 3.05) is 32.5 Å². The minimum absolute atomic E-state index is 0.0164. The molecule has 2 atom stereocenters. The van der Waals surface area contributed by atoms with E-state index in [4.69, 9.17) is 16.6 Å². The number of piperidine rings is 1. The van der Waals surface area contributed by atoms with E-state index in [2.05, 4.69) is 54.3 Å². The SMILES string of the molecule is CCCCC(c1cc(NC(=O)[C@H]2c3ccccc3C(=O)N2C2CCN(Cc3ccc(Cl)c(C)c3)CC2)nc(C2CC2)c1)N(C)C. The van der Waals surface area contributed by atoms with Crippen molar-refractivity contribution in [1.29, 1.82) is 0 Å². The summed E-state index contributed by atoms with van der Waals surface area (Å²) in [5, 5.41) is 3.98. The Morgan fingerprint density at radius 2 is 1.82 bits per heavy atom. The Hall–Kier alpha value is -3.26. The maximum atomic E-state index is 14.2. The molecule has 45 heavy (non-hydrogen) atoms. The molecule has 2 aliphatic heterocycles. The first-order valence-electron chi connectivity index (χ1n) is 16.6. The lowest BCUT2D eigenvalue weighted by Gasteiger charge is -2.39. The second kappa shape index (κ2) is 13.6. The number of nitrogens with zero attached hydrogens (tertiary/aromatic N) is 4. The Morgan fingerprint density at radius 1 is 1.07 bits per heavy atom. The molecule has 0 radical (unpaired) electrons. The molecular formula is C37H46ClN5O2. The molecule has 3 aromatic rings. The molecular weight excluding hydrogens is 582 g/mol. The van der Waals surface area contributed by atoms with E-state index >= 15 is 0 Å². The first-order chi connectivity index (χ1) is 21.7. The van der Waals surface area contributed by atoms with Gasteiger partial charge in [0.15, 0.2) is 0 Å². The molecule has 1 aromatic heterocycles. The zero-order valence-electron chi connectivity index (χ0n) is 27.1. The van der Waals surface area contributed by atoms with Crippen molar-refractivity contribution < 1.29 is 9.59 Å². The number of aromatic nitrogens is 1. The predicted octanol–water partition coefficient (Wildman–Crippen LogP) is 7.51. The summed E-state index contributed by atoms with van der Waals surface area (Å²) in [6, 6.07) is 17.7. The first kappa shape index (κ1) is 31.7. The van der Waals surface area contributed by atoms with Crippen molar-refractivity contribution in [3.63, 3.8) is 0 Å². The number of anilines is 1. The summed E-state index contributed by atoms with van der Waals surface area (Å²) >= 11 is 6.24. The van der Waals surface area contributed by atoms with Crippen molar-refractivity contribution in [3.8, 4) is 0 Å². The van der Waals surface area contributed by atoms with Gasteiger partial charge in [-0.25, -0.2) is 4.98 Å². The zero-order valence-corrected chi connectivity index (χ0v) is 27.8. The van der Waals surface area contributed by atoms with Crippen molar-refractivity contribution in [2.24, 2.45) is 0 Å². The number of unbranched alkanes of at least 4 members (excludes halogenated alkanes) is 1. The van der Waals surface area contributed by atoms with Gasteiger partial charge in [-0.1, -0.05) is 61.7 Å². The highest BCUT2D eigenvalue weighted by Gasteiger charge is 2.45. The van der Waals surface area contributed by atoms with E-state index in [0.29, 0.717) is 17.3 Å². The quantitative estimate of drug-likeness (QED) is 0.238. The number of hydrogen-bond acceptors (Lipinski definition) is 5. The summed E-state index contributed by atoms with van der Waals surface area (Å²) in [6.45, 7) is 6.82.